The summed E-state index contributed by atoms with van der Waals surface area (Å²) in [7, 11) is 0. The number of unbranched alkanes of at least 4 members (excludes halogenated alkanes) is 41. The molecule has 0 aromatic carbocycles. The molecule has 1 aliphatic heterocycles. The normalized spacial score (nSPS) is 19.2. The fourth-order valence-electron chi connectivity index (χ4n) is 10.2. The van der Waals surface area contributed by atoms with Crippen LogP contribution in [0.5, 0.6) is 0 Å². The molecule has 0 spiro atoms. The predicted octanol–water partition coefficient (Wildman–Crippen LogP) is 16.3. The molecule has 9 nitrogen and oxygen atoms in total. The Morgan fingerprint density at radius 2 is 0.781 bits per heavy atom. The quantitative estimate of drug-likeness (QED) is 0.0261. The van der Waals surface area contributed by atoms with Gasteiger partial charge in [-0.2, -0.15) is 0 Å². The predicted molar refractivity (Wildman–Crippen MR) is 309 cm³/mol. The van der Waals surface area contributed by atoms with Gasteiger partial charge in [0.05, 0.1) is 25.4 Å². The van der Waals surface area contributed by atoms with Gasteiger partial charge in [0, 0.05) is 6.42 Å². The van der Waals surface area contributed by atoms with Gasteiger partial charge < -0.3 is 40.3 Å². The summed E-state index contributed by atoms with van der Waals surface area (Å²) in [5.74, 6) is -0.186. The first-order chi connectivity index (χ1) is 35.8. The minimum absolute atomic E-state index is 0.186. The van der Waals surface area contributed by atoms with E-state index in [4.69, 9.17) is 9.47 Å². The van der Waals surface area contributed by atoms with Gasteiger partial charge in [0.2, 0.25) is 5.91 Å². The van der Waals surface area contributed by atoms with Crippen LogP contribution >= 0.6 is 0 Å². The molecule has 9 heteroatoms. The molecular formula is C64H121NO8. The number of carbonyl (C=O) groups excluding carboxylic acids is 1. The van der Waals surface area contributed by atoms with E-state index in [1.807, 2.05) is 6.08 Å². The van der Waals surface area contributed by atoms with Gasteiger partial charge in [0.15, 0.2) is 6.29 Å². The molecule has 0 saturated carbocycles. The molecule has 0 aliphatic carbocycles. The Kier molecular flexibility index (Phi) is 51.2. The number of carbonyl (C=O) groups is 1. The molecule has 6 N–H and O–H groups in total. The summed E-state index contributed by atoms with van der Waals surface area (Å²) in [4.78, 5) is 13.1. The third-order valence-electron chi connectivity index (χ3n) is 15.2. The van der Waals surface area contributed by atoms with Crippen LogP contribution in [0.2, 0.25) is 0 Å². The van der Waals surface area contributed by atoms with Crippen LogP contribution in [0.3, 0.4) is 0 Å². The Hall–Kier alpha value is -1.59. The van der Waals surface area contributed by atoms with Crippen LogP contribution in [0, 0.1) is 0 Å². The minimum Gasteiger partial charge on any atom is -0.394 e. The highest BCUT2D eigenvalue weighted by atomic mass is 16.7. The summed E-state index contributed by atoms with van der Waals surface area (Å²) in [6, 6.07) is -0.826. The monoisotopic (exact) mass is 1030 g/mol. The fourth-order valence-corrected chi connectivity index (χ4v) is 10.2. The second kappa shape index (κ2) is 53.8. The van der Waals surface area contributed by atoms with Crippen molar-refractivity contribution in [3.8, 4) is 0 Å². The van der Waals surface area contributed by atoms with Crippen LogP contribution in [-0.4, -0.2) is 87.5 Å². The second-order valence-electron chi connectivity index (χ2n) is 22.2. The number of hydrogen-bond acceptors (Lipinski definition) is 8. The molecule has 0 aromatic heterocycles. The van der Waals surface area contributed by atoms with E-state index >= 15 is 0 Å². The average molecular weight is 1030 g/mol. The van der Waals surface area contributed by atoms with Gasteiger partial charge in [-0.3, -0.25) is 4.79 Å². The Balaban J connectivity index is 2.08. The molecule has 1 aliphatic rings. The van der Waals surface area contributed by atoms with E-state index in [9.17, 15) is 30.3 Å². The fraction of sp³-hybridized carbons (Fsp3) is 0.891. The van der Waals surface area contributed by atoms with Crippen molar-refractivity contribution in [1.82, 2.24) is 5.32 Å². The topological polar surface area (TPSA) is 149 Å². The molecule has 73 heavy (non-hydrogen) atoms. The first kappa shape index (κ1) is 69.4. The number of rotatable bonds is 55. The third-order valence-corrected chi connectivity index (χ3v) is 15.2. The molecule has 7 unspecified atom stereocenters. The maximum absolute atomic E-state index is 13.1. The molecule has 7 atom stereocenters. The van der Waals surface area contributed by atoms with E-state index in [0.717, 1.165) is 51.4 Å². The summed E-state index contributed by atoms with van der Waals surface area (Å²) >= 11 is 0. The zero-order chi connectivity index (χ0) is 52.9. The number of aliphatic hydroxyl groups is 5. The number of hydrogen-bond donors (Lipinski definition) is 6. The van der Waals surface area contributed by atoms with Crippen molar-refractivity contribution >= 4 is 5.91 Å². The van der Waals surface area contributed by atoms with Gasteiger partial charge >= 0.3 is 0 Å². The molecule has 0 radical (unpaired) electrons. The number of allylic oxidation sites excluding steroid dienone is 5. The van der Waals surface area contributed by atoms with E-state index in [1.54, 1.807) is 6.08 Å². The highest BCUT2D eigenvalue weighted by Crippen LogP contribution is 2.23. The van der Waals surface area contributed by atoms with E-state index in [1.165, 1.54) is 238 Å². The molecule has 1 heterocycles. The average Bonchev–Trinajstić information content (AvgIpc) is 3.39. The molecular weight excluding hydrogens is 911 g/mol. The molecule has 1 fully saturated rings. The Labute approximate surface area is 451 Å². The summed E-state index contributed by atoms with van der Waals surface area (Å²) < 4.78 is 11.3. The number of aliphatic hydroxyl groups excluding tert-OH is 5. The van der Waals surface area contributed by atoms with Crippen molar-refractivity contribution in [2.45, 2.75) is 352 Å². The smallest absolute Gasteiger partial charge is 0.220 e. The summed E-state index contributed by atoms with van der Waals surface area (Å²) in [5.41, 5.74) is 0. The minimum atomic E-state index is -1.57. The Morgan fingerprint density at radius 1 is 0.452 bits per heavy atom. The van der Waals surface area contributed by atoms with Gasteiger partial charge in [0.1, 0.15) is 24.4 Å². The van der Waals surface area contributed by atoms with E-state index in [0.29, 0.717) is 6.42 Å². The van der Waals surface area contributed by atoms with Crippen LogP contribution in [0.4, 0.5) is 0 Å². The van der Waals surface area contributed by atoms with Crippen molar-refractivity contribution in [1.29, 1.82) is 0 Å². The highest BCUT2D eigenvalue weighted by molar-refractivity contribution is 5.76. The van der Waals surface area contributed by atoms with E-state index < -0.39 is 49.5 Å². The van der Waals surface area contributed by atoms with Crippen LogP contribution in [-0.2, 0) is 14.3 Å². The first-order valence-electron chi connectivity index (χ1n) is 31.7. The van der Waals surface area contributed by atoms with Gasteiger partial charge in [-0.25, -0.2) is 0 Å². The zero-order valence-corrected chi connectivity index (χ0v) is 47.9. The first-order valence-corrected chi connectivity index (χ1v) is 31.7. The van der Waals surface area contributed by atoms with Crippen LogP contribution in [0.15, 0.2) is 36.5 Å². The molecule has 430 valence electrons. The maximum Gasteiger partial charge on any atom is 0.220 e. The van der Waals surface area contributed by atoms with Crippen LogP contribution in [0.25, 0.3) is 0 Å². The van der Waals surface area contributed by atoms with Crippen molar-refractivity contribution in [2.75, 3.05) is 13.2 Å². The molecule has 1 amide bonds. The van der Waals surface area contributed by atoms with Gasteiger partial charge in [-0.1, -0.05) is 294 Å². The number of amides is 1. The van der Waals surface area contributed by atoms with Gasteiger partial charge in [-0.05, 0) is 44.9 Å². The lowest BCUT2D eigenvalue weighted by Gasteiger charge is -2.40. The van der Waals surface area contributed by atoms with Gasteiger partial charge in [0.25, 0.3) is 0 Å². The molecule has 0 aromatic rings. The lowest BCUT2D eigenvalue weighted by Crippen LogP contribution is -2.60. The molecule has 0 bridgehead atoms. The Morgan fingerprint density at radius 3 is 1.15 bits per heavy atom. The lowest BCUT2D eigenvalue weighted by atomic mass is 9.99. The largest absolute Gasteiger partial charge is 0.394 e. The Bertz CT molecular complexity index is 1240. The van der Waals surface area contributed by atoms with Crippen molar-refractivity contribution in [3.63, 3.8) is 0 Å². The molecule has 1 rings (SSSR count). The molecule has 1 saturated heterocycles. The number of nitrogens with one attached hydrogen (secondary N) is 1. The van der Waals surface area contributed by atoms with Crippen LogP contribution in [0.1, 0.15) is 309 Å². The van der Waals surface area contributed by atoms with Gasteiger partial charge in [-0.15, -0.1) is 0 Å². The van der Waals surface area contributed by atoms with Crippen molar-refractivity contribution in [3.05, 3.63) is 36.5 Å². The summed E-state index contributed by atoms with van der Waals surface area (Å²) in [6.45, 7) is 3.77. The third kappa shape index (κ3) is 43.1. The maximum atomic E-state index is 13.1. The highest BCUT2D eigenvalue weighted by Gasteiger charge is 2.44. The van der Waals surface area contributed by atoms with E-state index in [-0.39, 0.29) is 12.5 Å². The SMILES string of the molecule is CCCCCCC/C=C/CC/C=C/CC/C=C/C(O)C(COC1OC(CO)C(O)C(O)C1O)NC(=O)CCCCCCCCCCCCCCCCCCCCCCCCCCCCCCCCCCCCC. The van der Waals surface area contributed by atoms with Crippen molar-refractivity contribution < 1.29 is 39.8 Å². The number of ether oxygens (including phenoxy) is 2. The van der Waals surface area contributed by atoms with Crippen LogP contribution < -0.4 is 5.32 Å². The summed E-state index contributed by atoms with van der Waals surface area (Å²) in [5, 5.41) is 54.4. The second-order valence-corrected chi connectivity index (χ2v) is 22.2. The summed E-state index contributed by atoms with van der Waals surface area (Å²) in [6.07, 6.45) is 64.0. The zero-order valence-electron chi connectivity index (χ0n) is 47.9. The van der Waals surface area contributed by atoms with E-state index in [2.05, 4.69) is 43.5 Å². The van der Waals surface area contributed by atoms with Crippen molar-refractivity contribution in [2.24, 2.45) is 0 Å². The lowest BCUT2D eigenvalue weighted by molar-refractivity contribution is -0.302. The standard InChI is InChI=1S/C64H121NO8/c1-3-5-7-9-11-13-15-17-19-20-21-22-23-24-25-26-27-28-29-30-31-32-33-34-35-36-37-38-40-42-44-46-48-50-52-54-60(68)65-57(56-72-64-63(71)62(70)61(69)59(55-66)73-64)58(67)53-51-49-47-45-43-41-39-18-16-14-12-10-8-6-4-2/h16,18,43,45,51,53,57-59,61-64,66-67,69-71H,3-15,17,19-42,44,46-50,52,54-56H2,1-2H3,(H,65,68)/b18-16+,45-43+,53-51+.